The van der Waals surface area contributed by atoms with E-state index in [-0.39, 0.29) is 11.5 Å². The van der Waals surface area contributed by atoms with E-state index < -0.39 is 5.97 Å². The number of nitrogens with zero attached hydrogens (tertiary/aromatic N) is 3. The van der Waals surface area contributed by atoms with E-state index in [4.69, 9.17) is 4.74 Å². The Balaban J connectivity index is 1.46. The van der Waals surface area contributed by atoms with Crippen LogP contribution in [0.25, 0.3) is 10.8 Å². The SMILES string of the molecule is O=C(O)c1cccc2c(C(=O)Nc3ccn(CCN4CCOCC4)n3)cccc12. The number of hydrogen-bond acceptors (Lipinski definition) is 5. The van der Waals surface area contributed by atoms with Crippen LogP contribution in [0.5, 0.6) is 0 Å². The fourth-order valence-corrected chi connectivity index (χ4v) is 3.50. The summed E-state index contributed by atoms with van der Waals surface area (Å²) in [6, 6.07) is 11.7. The van der Waals surface area contributed by atoms with Crippen molar-refractivity contribution in [2.24, 2.45) is 0 Å². The monoisotopic (exact) mass is 394 g/mol. The van der Waals surface area contributed by atoms with E-state index in [9.17, 15) is 14.7 Å². The summed E-state index contributed by atoms with van der Waals surface area (Å²) >= 11 is 0. The molecular weight excluding hydrogens is 372 g/mol. The topological polar surface area (TPSA) is 96.7 Å². The molecule has 1 aromatic heterocycles. The zero-order valence-electron chi connectivity index (χ0n) is 15.9. The van der Waals surface area contributed by atoms with Crippen molar-refractivity contribution in [2.75, 3.05) is 38.2 Å². The van der Waals surface area contributed by atoms with E-state index in [2.05, 4.69) is 15.3 Å². The van der Waals surface area contributed by atoms with Gasteiger partial charge < -0.3 is 15.2 Å². The van der Waals surface area contributed by atoms with Gasteiger partial charge in [0.25, 0.3) is 5.91 Å². The fraction of sp³-hybridized carbons (Fsp3) is 0.286. The Morgan fingerprint density at radius 3 is 2.41 bits per heavy atom. The van der Waals surface area contributed by atoms with Crippen molar-refractivity contribution >= 4 is 28.5 Å². The summed E-state index contributed by atoms with van der Waals surface area (Å²) < 4.78 is 7.15. The van der Waals surface area contributed by atoms with E-state index in [1.165, 1.54) is 6.07 Å². The molecule has 4 rings (SSSR count). The molecule has 0 bridgehead atoms. The van der Waals surface area contributed by atoms with Gasteiger partial charge in [0.05, 0.1) is 25.3 Å². The van der Waals surface area contributed by atoms with Crippen LogP contribution < -0.4 is 5.32 Å². The minimum absolute atomic E-state index is 0.171. The summed E-state index contributed by atoms with van der Waals surface area (Å²) in [5.41, 5.74) is 0.581. The fourth-order valence-electron chi connectivity index (χ4n) is 3.50. The minimum Gasteiger partial charge on any atom is -0.478 e. The van der Waals surface area contributed by atoms with Crippen molar-refractivity contribution in [3.63, 3.8) is 0 Å². The zero-order valence-corrected chi connectivity index (χ0v) is 15.9. The summed E-state index contributed by atoms with van der Waals surface area (Å²) in [6.45, 7) is 4.96. The molecule has 29 heavy (non-hydrogen) atoms. The molecule has 1 aliphatic heterocycles. The number of rotatable bonds is 6. The largest absolute Gasteiger partial charge is 0.478 e. The lowest BCUT2D eigenvalue weighted by molar-refractivity contribution is 0.0360. The van der Waals surface area contributed by atoms with Gasteiger partial charge in [0.1, 0.15) is 0 Å². The lowest BCUT2D eigenvalue weighted by Gasteiger charge is -2.26. The van der Waals surface area contributed by atoms with Crippen LogP contribution in [0.15, 0.2) is 48.7 Å². The van der Waals surface area contributed by atoms with Crippen LogP contribution in [0.1, 0.15) is 20.7 Å². The molecule has 2 heterocycles. The molecule has 2 N–H and O–H groups in total. The first-order valence-electron chi connectivity index (χ1n) is 9.52. The number of carboxylic acids is 1. The number of carbonyl (C=O) groups is 2. The van der Waals surface area contributed by atoms with Crippen molar-refractivity contribution in [1.82, 2.24) is 14.7 Å². The summed E-state index contributed by atoms with van der Waals surface area (Å²) in [5, 5.41) is 17.7. The van der Waals surface area contributed by atoms with E-state index in [0.29, 0.717) is 22.2 Å². The van der Waals surface area contributed by atoms with Crippen LogP contribution in [0.2, 0.25) is 0 Å². The second-order valence-electron chi connectivity index (χ2n) is 6.88. The van der Waals surface area contributed by atoms with Crippen molar-refractivity contribution < 1.29 is 19.4 Å². The summed E-state index contributed by atoms with van der Waals surface area (Å²) in [4.78, 5) is 26.6. The molecule has 0 saturated carbocycles. The van der Waals surface area contributed by atoms with E-state index >= 15 is 0 Å². The highest BCUT2D eigenvalue weighted by molar-refractivity contribution is 6.15. The number of carboxylic acid groups (broad SMARTS) is 1. The van der Waals surface area contributed by atoms with Crippen molar-refractivity contribution in [2.45, 2.75) is 6.54 Å². The maximum absolute atomic E-state index is 12.8. The number of ether oxygens (including phenoxy) is 1. The van der Waals surface area contributed by atoms with Crippen LogP contribution in [-0.2, 0) is 11.3 Å². The molecule has 1 aliphatic rings. The Morgan fingerprint density at radius 2 is 1.69 bits per heavy atom. The highest BCUT2D eigenvalue weighted by atomic mass is 16.5. The predicted molar refractivity (Wildman–Crippen MR) is 108 cm³/mol. The average Bonchev–Trinajstić information content (AvgIpc) is 3.19. The van der Waals surface area contributed by atoms with E-state index in [1.807, 2.05) is 6.20 Å². The maximum Gasteiger partial charge on any atom is 0.336 e. The van der Waals surface area contributed by atoms with E-state index in [0.717, 1.165) is 39.4 Å². The smallest absolute Gasteiger partial charge is 0.336 e. The van der Waals surface area contributed by atoms with Gasteiger partial charge in [-0.25, -0.2) is 4.79 Å². The molecule has 0 atom stereocenters. The highest BCUT2D eigenvalue weighted by Gasteiger charge is 2.15. The molecule has 2 aromatic carbocycles. The van der Waals surface area contributed by atoms with Gasteiger partial charge in [-0.3, -0.25) is 14.4 Å². The van der Waals surface area contributed by atoms with Crippen LogP contribution >= 0.6 is 0 Å². The molecule has 1 fully saturated rings. The Labute approximate surface area is 167 Å². The van der Waals surface area contributed by atoms with Crippen LogP contribution in [0.4, 0.5) is 5.82 Å². The minimum atomic E-state index is -1.02. The Kier molecular flexibility index (Phi) is 5.55. The van der Waals surface area contributed by atoms with Gasteiger partial charge in [0, 0.05) is 37.5 Å². The third-order valence-electron chi connectivity index (χ3n) is 5.03. The number of aromatic nitrogens is 2. The van der Waals surface area contributed by atoms with E-state index in [1.54, 1.807) is 41.1 Å². The Morgan fingerprint density at radius 1 is 1.00 bits per heavy atom. The molecule has 150 valence electrons. The molecule has 0 spiro atoms. The first kappa shape index (κ1) is 19.1. The third kappa shape index (κ3) is 4.28. The lowest BCUT2D eigenvalue weighted by atomic mass is 9.99. The van der Waals surface area contributed by atoms with Crippen molar-refractivity contribution in [1.29, 1.82) is 0 Å². The van der Waals surface area contributed by atoms with Crippen molar-refractivity contribution in [3.8, 4) is 0 Å². The van der Waals surface area contributed by atoms with Gasteiger partial charge >= 0.3 is 5.97 Å². The molecule has 0 aliphatic carbocycles. The van der Waals surface area contributed by atoms with Gasteiger partial charge in [-0.1, -0.05) is 24.3 Å². The van der Waals surface area contributed by atoms with Gasteiger partial charge in [-0.15, -0.1) is 0 Å². The Hall–Kier alpha value is -3.23. The van der Waals surface area contributed by atoms with Gasteiger partial charge in [-0.2, -0.15) is 5.10 Å². The number of carbonyl (C=O) groups excluding carboxylic acids is 1. The number of hydrogen-bond donors (Lipinski definition) is 2. The summed E-state index contributed by atoms with van der Waals surface area (Å²) in [6.07, 6.45) is 1.84. The molecule has 0 unspecified atom stereocenters. The molecule has 8 heteroatoms. The second kappa shape index (κ2) is 8.42. The summed E-state index contributed by atoms with van der Waals surface area (Å²) in [7, 11) is 0. The number of morpholine rings is 1. The molecular formula is C21H22N4O4. The maximum atomic E-state index is 12.8. The third-order valence-corrected chi connectivity index (χ3v) is 5.03. The first-order chi connectivity index (χ1) is 14.1. The summed E-state index contributed by atoms with van der Waals surface area (Å²) in [5.74, 6) is -0.882. The number of amides is 1. The normalized spacial score (nSPS) is 14.8. The first-order valence-corrected chi connectivity index (χ1v) is 9.52. The number of anilines is 1. The highest BCUT2D eigenvalue weighted by Crippen LogP contribution is 2.23. The molecule has 8 nitrogen and oxygen atoms in total. The molecule has 3 aromatic rings. The zero-order chi connectivity index (χ0) is 20.2. The number of nitrogens with one attached hydrogen (secondary N) is 1. The number of benzene rings is 2. The van der Waals surface area contributed by atoms with Gasteiger partial charge in [0.2, 0.25) is 0 Å². The molecule has 1 saturated heterocycles. The standard InChI is InChI=1S/C21H22N4O4/c26-20(17-5-1-4-16-15(17)3-2-6-18(16)21(27)28)22-19-7-8-25(23-19)10-9-24-11-13-29-14-12-24/h1-8H,9-14H2,(H,27,28)(H,22,23,26). The van der Waals surface area contributed by atoms with Gasteiger partial charge in [-0.05, 0) is 22.9 Å². The molecule has 1 amide bonds. The average molecular weight is 394 g/mol. The van der Waals surface area contributed by atoms with Crippen molar-refractivity contribution in [3.05, 3.63) is 59.8 Å². The quantitative estimate of drug-likeness (QED) is 0.666. The number of fused-ring (bicyclic) bond motifs is 1. The van der Waals surface area contributed by atoms with Crippen LogP contribution in [-0.4, -0.2) is 64.5 Å². The van der Waals surface area contributed by atoms with Crippen LogP contribution in [0, 0.1) is 0 Å². The molecule has 0 radical (unpaired) electrons. The second-order valence-corrected chi connectivity index (χ2v) is 6.88. The number of aromatic carboxylic acids is 1. The van der Waals surface area contributed by atoms with Gasteiger partial charge in [0.15, 0.2) is 5.82 Å². The predicted octanol–water partition coefficient (Wildman–Crippen LogP) is 2.32. The van der Waals surface area contributed by atoms with Crippen LogP contribution in [0.3, 0.4) is 0 Å². The lowest BCUT2D eigenvalue weighted by Crippen LogP contribution is -2.38. The Bertz CT molecular complexity index is 1040.